The van der Waals surface area contributed by atoms with Crippen LogP contribution in [0.3, 0.4) is 0 Å². The number of rotatable bonds is 6. The van der Waals surface area contributed by atoms with E-state index in [1.54, 1.807) is 13.3 Å². The first kappa shape index (κ1) is 14.5. The molecule has 2 rings (SSSR count). The van der Waals surface area contributed by atoms with Crippen LogP contribution in [0.4, 0.5) is 0 Å². The second kappa shape index (κ2) is 7.03. The van der Waals surface area contributed by atoms with Crippen LogP contribution in [0.1, 0.15) is 30.6 Å². The predicted molar refractivity (Wildman–Crippen MR) is 78.7 cm³/mol. The quantitative estimate of drug-likeness (QED) is 0.875. The summed E-state index contributed by atoms with van der Waals surface area (Å²) in [5, 5.41) is 0. The third kappa shape index (κ3) is 3.79. The third-order valence-corrected chi connectivity index (χ3v) is 3.02. The van der Waals surface area contributed by atoms with Crippen LogP contribution in [-0.4, -0.2) is 12.1 Å². The number of hydrogen-bond donors (Lipinski definition) is 1. The Bertz CT molecular complexity index is 540. The number of ether oxygens (including phenoxy) is 2. The molecule has 1 aromatic carbocycles. The molecule has 1 atom stereocenters. The Balaban J connectivity index is 2.08. The molecule has 0 bridgehead atoms. The van der Waals surface area contributed by atoms with Crippen molar-refractivity contribution in [3.63, 3.8) is 0 Å². The molecule has 1 aromatic heterocycles. The monoisotopic (exact) mass is 272 g/mol. The first-order valence-corrected chi connectivity index (χ1v) is 6.70. The van der Waals surface area contributed by atoms with Gasteiger partial charge in [0.05, 0.1) is 18.5 Å². The molecule has 2 N–H and O–H groups in total. The van der Waals surface area contributed by atoms with E-state index in [9.17, 15) is 0 Å². The van der Waals surface area contributed by atoms with Crippen molar-refractivity contribution in [3.8, 4) is 11.5 Å². The smallest absolute Gasteiger partial charge is 0.145 e. The lowest BCUT2D eigenvalue weighted by Gasteiger charge is -2.10. The molecule has 106 valence electrons. The van der Waals surface area contributed by atoms with Gasteiger partial charge in [0.15, 0.2) is 0 Å². The average molecular weight is 272 g/mol. The topological polar surface area (TPSA) is 57.4 Å². The second-order valence-electron chi connectivity index (χ2n) is 4.62. The normalized spacial score (nSPS) is 12.2. The molecule has 0 saturated heterocycles. The van der Waals surface area contributed by atoms with Gasteiger partial charge >= 0.3 is 0 Å². The van der Waals surface area contributed by atoms with E-state index in [2.05, 4.69) is 4.98 Å². The second-order valence-corrected chi connectivity index (χ2v) is 4.62. The van der Waals surface area contributed by atoms with Crippen molar-refractivity contribution in [2.24, 2.45) is 5.73 Å². The summed E-state index contributed by atoms with van der Waals surface area (Å²) >= 11 is 0. The number of nitrogens with two attached hydrogens (primary N) is 1. The maximum absolute atomic E-state index is 5.93. The minimum absolute atomic E-state index is 0.0194. The van der Waals surface area contributed by atoms with E-state index in [1.807, 2.05) is 43.3 Å². The molecule has 4 nitrogen and oxygen atoms in total. The summed E-state index contributed by atoms with van der Waals surface area (Å²) in [7, 11) is 1.67. The summed E-state index contributed by atoms with van der Waals surface area (Å²) in [5.74, 6) is 1.47. The lowest BCUT2D eigenvalue weighted by molar-refractivity contribution is 0.184. The molecule has 4 heteroatoms. The molecule has 1 heterocycles. The maximum atomic E-state index is 5.93. The number of pyridine rings is 1. The molecular weight excluding hydrogens is 252 g/mol. The van der Waals surface area contributed by atoms with Crippen LogP contribution >= 0.6 is 0 Å². The molecule has 0 fully saturated rings. The van der Waals surface area contributed by atoms with Crippen molar-refractivity contribution in [2.75, 3.05) is 7.11 Å². The molecular formula is C16H20N2O2. The fourth-order valence-electron chi connectivity index (χ4n) is 1.88. The highest BCUT2D eigenvalue weighted by Gasteiger charge is 2.05. The zero-order valence-corrected chi connectivity index (χ0v) is 11.9. The van der Waals surface area contributed by atoms with E-state index in [-0.39, 0.29) is 6.04 Å². The Morgan fingerprint density at radius 3 is 2.70 bits per heavy atom. The van der Waals surface area contributed by atoms with Crippen LogP contribution in [0, 0.1) is 0 Å². The number of benzene rings is 1. The molecule has 0 radical (unpaired) electrons. The van der Waals surface area contributed by atoms with Gasteiger partial charge in [-0.15, -0.1) is 0 Å². The van der Waals surface area contributed by atoms with Crippen LogP contribution in [0.15, 0.2) is 42.6 Å². The molecule has 0 aliphatic carbocycles. The molecule has 20 heavy (non-hydrogen) atoms. The number of hydrogen-bond acceptors (Lipinski definition) is 4. The molecule has 0 aliphatic rings. The molecule has 0 amide bonds. The lowest BCUT2D eigenvalue weighted by Crippen LogP contribution is -2.10. The summed E-state index contributed by atoms with van der Waals surface area (Å²) in [5.41, 5.74) is 7.89. The van der Waals surface area contributed by atoms with E-state index in [0.29, 0.717) is 12.4 Å². The highest BCUT2D eigenvalue weighted by Crippen LogP contribution is 2.23. The van der Waals surface area contributed by atoms with Gasteiger partial charge in [0.1, 0.15) is 11.5 Å². The summed E-state index contributed by atoms with van der Waals surface area (Å²) in [6.07, 6.45) is 2.57. The van der Waals surface area contributed by atoms with Crippen LogP contribution in [0.25, 0.3) is 0 Å². The van der Waals surface area contributed by atoms with Gasteiger partial charge in [-0.3, -0.25) is 4.98 Å². The van der Waals surface area contributed by atoms with Gasteiger partial charge in [0.25, 0.3) is 0 Å². The number of aromatic nitrogens is 1. The Morgan fingerprint density at radius 2 is 2.05 bits per heavy atom. The first-order valence-electron chi connectivity index (χ1n) is 6.70. The zero-order valence-electron chi connectivity index (χ0n) is 11.9. The van der Waals surface area contributed by atoms with Crippen LogP contribution in [0.5, 0.6) is 11.5 Å². The van der Waals surface area contributed by atoms with E-state index in [0.717, 1.165) is 23.4 Å². The number of methoxy groups -OCH3 is 1. The predicted octanol–water partition coefficient (Wildman–Crippen LogP) is 3.43. The van der Waals surface area contributed by atoms with Gasteiger partial charge in [-0.1, -0.05) is 19.1 Å². The van der Waals surface area contributed by atoms with Crippen molar-refractivity contribution in [1.82, 2.24) is 4.98 Å². The average Bonchev–Trinajstić information content (AvgIpc) is 2.48. The fraction of sp³-hybridized carbons (Fsp3) is 0.312. The molecule has 0 unspecified atom stereocenters. The Labute approximate surface area is 119 Å². The summed E-state index contributed by atoms with van der Waals surface area (Å²) in [6, 6.07) is 11.6. The van der Waals surface area contributed by atoms with Crippen molar-refractivity contribution in [1.29, 1.82) is 0 Å². The van der Waals surface area contributed by atoms with E-state index >= 15 is 0 Å². The van der Waals surface area contributed by atoms with Gasteiger partial charge < -0.3 is 15.2 Å². The highest BCUT2D eigenvalue weighted by atomic mass is 16.5. The summed E-state index contributed by atoms with van der Waals surface area (Å²) in [6.45, 7) is 2.61. The fourth-order valence-corrected chi connectivity index (χ4v) is 1.88. The van der Waals surface area contributed by atoms with Crippen LogP contribution in [0.2, 0.25) is 0 Å². The Morgan fingerprint density at radius 1 is 1.20 bits per heavy atom. The van der Waals surface area contributed by atoms with Gasteiger partial charge in [-0.2, -0.15) is 0 Å². The number of nitrogens with zero attached hydrogens (tertiary/aromatic N) is 1. The zero-order chi connectivity index (χ0) is 14.4. The van der Waals surface area contributed by atoms with Crippen molar-refractivity contribution >= 4 is 0 Å². The third-order valence-electron chi connectivity index (χ3n) is 3.02. The molecule has 0 saturated carbocycles. The lowest BCUT2D eigenvalue weighted by atomic mass is 10.1. The van der Waals surface area contributed by atoms with Crippen molar-refractivity contribution in [3.05, 3.63) is 53.9 Å². The van der Waals surface area contributed by atoms with E-state index in [1.165, 1.54) is 0 Å². The maximum Gasteiger partial charge on any atom is 0.145 e. The largest absolute Gasteiger partial charge is 0.456 e. The van der Waals surface area contributed by atoms with Crippen molar-refractivity contribution in [2.45, 2.75) is 26.0 Å². The SMILES string of the molecule is CC[C@@H](N)c1ccc(Oc2cccc(COC)c2)cn1. The molecule has 2 aromatic rings. The Hall–Kier alpha value is -1.91. The summed E-state index contributed by atoms with van der Waals surface area (Å²) in [4.78, 5) is 4.33. The minimum atomic E-state index is -0.0194. The minimum Gasteiger partial charge on any atom is -0.456 e. The summed E-state index contributed by atoms with van der Waals surface area (Å²) < 4.78 is 10.9. The van der Waals surface area contributed by atoms with Gasteiger partial charge in [0, 0.05) is 13.2 Å². The van der Waals surface area contributed by atoms with Crippen LogP contribution < -0.4 is 10.5 Å². The highest BCUT2D eigenvalue weighted by molar-refractivity contribution is 5.33. The van der Waals surface area contributed by atoms with E-state index < -0.39 is 0 Å². The van der Waals surface area contributed by atoms with E-state index in [4.69, 9.17) is 15.2 Å². The standard InChI is InChI=1S/C16H20N2O2/c1-3-15(17)16-8-7-14(10-18-16)20-13-6-4-5-12(9-13)11-19-2/h4-10,15H,3,11,17H2,1-2H3/t15-/m1/s1. The van der Waals surface area contributed by atoms with Gasteiger partial charge in [-0.25, -0.2) is 0 Å². The van der Waals surface area contributed by atoms with Gasteiger partial charge in [-0.05, 0) is 36.2 Å². The molecule has 0 spiro atoms. The van der Waals surface area contributed by atoms with Crippen molar-refractivity contribution < 1.29 is 9.47 Å². The van der Waals surface area contributed by atoms with Gasteiger partial charge in [0.2, 0.25) is 0 Å². The molecule has 0 aliphatic heterocycles. The Kier molecular flexibility index (Phi) is 5.09. The van der Waals surface area contributed by atoms with Crippen LogP contribution in [-0.2, 0) is 11.3 Å². The first-order chi connectivity index (χ1) is 9.72.